The van der Waals surface area contributed by atoms with E-state index in [-0.39, 0.29) is 12.4 Å². The Labute approximate surface area is 179 Å². The summed E-state index contributed by atoms with van der Waals surface area (Å²) >= 11 is 0. The molecule has 2 N–H and O–H groups in total. The highest BCUT2D eigenvalue weighted by molar-refractivity contribution is 5.97. The van der Waals surface area contributed by atoms with Gasteiger partial charge in [0.25, 0.3) is 11.8 Å². The van der Waals surface area contributed by atoms with Crippen molar-refractivity contribution >= 4 is 17.8 Å². The third kappa shape index (κ3) is 6.50. The largest absolute Gasteiger partial charge is 0.454 e. The lowest BCUT2D eigenvalue weighted by molar-refractivity contribution is -0.150. The molecule has 6 nitrogen and oxygen atoms in total. The highest BCUT2D eigenvalue weighted by atomic mass is 19.1. The highest BCUT2D eigenvalue weighted by Crippen LogP contribution is 2.15. The van der Waals surface area contributed by atoms with E-state index in [0.717, 1.165) is 0 Å². The fourth-order valence-electron chi connectivity index (χ4n) is 2.80. The first-order valence-corrected chi connectivity index (χ1v) is 9.61. The molecule has 3 aromatic rings. The summed E-state index contributed by atoms with van der Waals surface area (Å²) in [5, 5.41) is 5.25. The Morgan fingerprint density at radius 3 is 2.10 bits per heavy atom. The SMILES string of the molecule is O=C(COC(=O)C(NC(=O)c1ccccc1)c1ccccc1)NCc1ccc(F)cc1. The number of nitrogens with one attached hydrogen (secondary N) is 2. The van der Waals surface area contributed by atoms with Crippen LogP contribution in [0.15, 0.2) is 84.9 Å². The van der Waals surface area contributed by atoms with Crippen molar-refractivity contribution in [3.8, 4) is 0 Å². The van der Waals surface area contributed by atoms with Gasteiger partial charge >= 0.3 is 5.97 Å². The van der Waals surface area contributed by atoms with Gasteiger partial charge in [-0.15, -0.1) is 0 Å². The van der Waals surface area contributed by atoms with Crippen molar-refractivity contribution in [2.75, 3.05) is 6.61 Å². The molecule has 0 radical (unpaired) electrons. The molecule has 31 heavy (non-hydrogen) atoms. The lowest BCUT2D eigenvalue weighted by atomic mass is 10.1. The van der Waals surface area contributed by atoms with Gasteiger partial charge < -0.3 is 15.4 Å². The molecule has 3 rings (SSSR count). The van der Waals surface area contributed by atoms with Crippen LogP contribution in [0.3, 0.4) is 0 Å². The summed E-state index contributed by atoms with van der Waals surface area (Å²) in [5.41, 5.74) is 1.63. The molecule has 0 fully saturated rings. The van der Waals surface area contributed by atoms with Crippen LogP contribution in [0, 0.1) is 5.82 Å². The lowest BCUT2D eigenvalue weighted by Crippen LogP contribution is -2.37. The summed E-state index contributed by atoms with van der Waals surface area (Å²) < 4.78 is 18.1. The average Bonchev–Trinajstić information content (AvgIpc) is 2.81. The van der Waals surface area contributed by atoms with E-state index >= 15 is 0 Å². The maximum atomic E-state index is 12.9. The molecule has 0 saturated carbocycles. The summed E-state index contributed by atoms with van der Waals surface area (Å²) in [4.78, 5) is 37.2. The number of ether oxygens (including phenoxy) is 1. The van der Waals surface area contributed by atoms with Gasteiger partial charge in [0.1, 0.15) is 5.82 Å². The van der Waals surface area contributed by atoms with Crippen molar-refractivity contribution in [3.05, 3.63) is 107 Å². The van der Waals surface area contributed by atoms with Crippen molar-refractivity contribution in [2.24, 2.45) is 0 Å². The Hall–Kier alpha value is -4.00. The number of rotatable bonds is 8. The predicted molar refractivity (Wildman–Crippen MR) is 112 cm³/mol. The van der Waals surface area contributed by atoms with Crippen molar-refractivity contribution in [1.29, 1.82) is 0 Å². The van der Waals surface area contributed by atoms with E-state index in [1.165, 1.54) is 12.1 Å². The van der Waals surface area contributed by atoms with Gasteiger partial charge in [-0.3, -0.25) is 9.59 Å². The number of esters is 1. The Bertz CT molecular complexity index is 1020. The molecule has 0 spiro atoms. The quantitative estimate of drug-likeness (QED) is 0.549. The van der Waals surface area contributed by atoms with Gasteiger partial charge in [-0.2, -0.15) is 0 Å². The molecule has 7 heteroatoms. The Morgan fingerprint density at radius 1 is 0.839 bits per heavy atom. The molecular weight excluding hydrogens is 399 g/mol. The molecule has 1 atom stereocenters. The topological polar surface area (TPSA) is 84.5 Å². The van der Waals surface area contributed by atoms with Gasteiger partial charge in [0, 0.05) is 12.1 Å². The molecule has 0 bridgehead atoms. The van der Waals surface area contributed by atoms with Crippen molar-refractivity contribution in [3.63, 3.8) is 0 Å². The first-order chi connectivity index (χ1) is 15.0. The molecule has 0 aliphatic carbocycles. The smallest absolute Gasteiger partial charge is 0.333 e. The number of hydrogen-bond donors (Lipinski definition) is 2. The summed E-state index contributed by atoms with van der Waals surface area (Å²) in [6.07, 6.45) is 0. The van der Waals surface area contributed by atoms with Gasteiger partial charge in [-0.05, 0) is 35.4 Å². The van der Waals surface area contributed by atoms with E-state index in [2.05, 4.69) is 10.6 Å². The second-order valence-electron chi connectivity index (χ2n) is 6.69. The number of halogens is 1. The first kappa shape index (κ1) is 21.7. The lowest BCUT2D eigenvalue weighted by Gasteiger charge is -2.18. The van der Waals surface area contributed by atoms with Gasteiger partial charge in [0.2, 0.25) is 0 Å². The van der Waals surface area contributed by atoms with E-state index in [9.17, 15) is 18.8 Å². The molecule has 0 heterocycles. The van der Waals surface area contributed by atoms with Gasteiger partial charge in [0.15, 0.2) is 12.6 Å². The fraction of sp³-hybridized carbons (Fsp3) is 0.125. The van der Waals surface area contributed by atoms with Crippen LogP contribution in [-0.2, 0) is 20.9 Å². The molecule has 3 aromatic carbocycles. The van der Waals surface area contributed by atoms with E-state index in [1.807, 2.05) is 0 Å². The van der Waals surface area contributed by atoms with E-state index < -0.39 is 30.4 Å². The van der Waals surface area contributed by atoms with Crippen molar-refractivity contribution in [1.82, 2.24) is 10.6 Å². The van der Waals surface area contributed by atoms with Crippen LogP contribution in [-0.4, -0.2) is 24.4 Å². The highest BCUT2D eigenvalue weighted by Gasteiger charge is 2.25. The van der Waals surface area contributed by atoms with Gasteiger partial charge in [-0.1, -0.05) is 60.7 Å². The first-order valence-electron chi connectivity index (χ1n) is 9.61. The molecule has 0 aliphatic heterocycles. The van der Waals surface area contributed by atoms with Crippen molar-refractivity contribution in [2.45, 2.75) is 12.6 Å². The van der Waals surface area contributed by atoms with E-state index in [0.29, 0.717) is 16.7 Å². The predicted octanol–water partition coefficient (Wildman–Crippen LogP) is 3.16. The third-order valence-corrected chi connectivity index (χ3v) is 4.43. The second kappa shape index (κ2) is 10.7. The Kier molecular flexibility index (Phi) is 7.48. The molecule has 2 amide bonds. The van der Waals surface area contributed by atoms with Gasteiger partial charge in [0.05, 0.1) is 0 Å². The van der Waals surface area contributed by atoms with Gasteiger partial charge in [-0.25, -0.2) is 9.18 Å². The summed E-state index contributed by atoms with van der Waals surface area (Å²) in [6.45, 7) is -0.339. The maximum absolute atomic E-state index is 12.9. The summed E-state index contributed by atoms with van der Waals surface area (Å²) in [7, 11) is 0. The third-order valence-electron chi connectivity index (χ3n) is 4.43. The zero-order valence-electron chi connectivity index (χ0n) is 16.6. The minimum absolute atomic E-state index is 0.170. The van der Waals surface area contributed by atoms with Crippen LogP contribution < -0.4 is 10.6 Å². The van der Waals surface area contributed by atoms with Crippen molar-refractivity contribution < 1.29 is 23.5 Å². The summed E-state index contributed by atoms with van der Waals surface area (Å²) in [5.74, 6) is -2.08. The standard InChI is InChI=1S/C24H21FN2O4/c25-20-13-11-17(12-14-20)15-26-21(28)16-31-24(30)22(18-7-3-1-4-8-18)27-23(29)19-9-5-2-6-10-19/h1-14,22H,15-16H2,(H,26,28)(H,27,29). The average molecular weight is 420 g/mol. The Morgan fingerprint density at radius 2 is 1.45 bits per heavy atom. The zero-order chi connectivity index (χ0) is 22.1. The Balaban J connectivity index is 1.59. The zero-order valence-corrected chi connectivity index (χ0v) is 16.6. The molecule has 1 unspecified atom stereocenters. The minimum Gasteiger partial charge on any atom is -0.454 e. The fourth-order valence-corrected chi connectivity index (χ4v) is 2.80. The van der Waals surface area contributed by atoms with E-state index in [4.69, 9.17) is 4.74 Å². The van der Waals surface area contributed by atoms with Crippen LogP contribution in [0.4, 0.5) is 4.39 Å². The molecule has 0 saturated heterocycles. The number of carbonyl (C=O) groups is 3. The maximum Gasteiger partial charge on any atom is 0.333 e. The number of hydrogen-bond acceptors (Lipinski definition) is 4. The van der Waals surface area contributed by atoms with Crippen LogP contribution in [0.5, 0.6) is 0 Å². The number of carbonyl (C=O) groups excluding carboxylic acids is 3. The number of benzene rings is 3. The molecule has 0 aromatic heterocycles. The van der Waals surface area contributed by atoms with E-state index in [1.54, 1.807) is 72.8 Å². The second-order valence-corrected chi connectivity index (χ2v) is 6.69. The van der Waals surface area contributed by atoms with Crippen LogP contribution >= 0.6 is 0 Å². The molecule has 158 valence electrons. The monoisotopic (exact) mass is 420 g/mol. The summed E-state index contributed by atoms with van der Waals surface area (Å²) in [6, 6.07) is 21.7. The molecular formula is C24H21FN2O4. The van der Waals surface area contributed by atoms with Crippen LogP contribution in [0.25, 0.3) is 0 Å². The van der Waals surface area contributed by atoms with Crippen LogP contribution in [0.2, 0.25) is 0 Å². The normalized spacial score (nSPS) is 11.3. The molecule has 0 aliphatic rings. The minimum atomic E-state index is -1.07. The van der Waals surface area contributed by atoms with Crippen LogP contribution in [0.1, 0.15) is 27.5 Å². The number of amides is 2.